The van der Waals surface area contributed by atoms with Crippen LogP contribution in [0.1, 0.15) is 19.4 Å². The van der Waals surface area contributed by atoms with Gasteiger partial charge in [0, 0.05) is 38.1 Å². The molecule has 1 heterocycles. The molecule has 0 radical (unpaired) electrons. The topological polar surface area (TPSA) is 88.6 Å². The number of benzene rings is 1. The molecule has 25 heavy (non-hydrogen) atoms. The highest BCUT2D eigenvalue weighted by atomic mass is 32.2. The highest BCUT2D eigenvalue weighted by Gasteiger charge is 2.27. The van der Waals surface area contributed by atoms with Crippen LogP contribution in [0.25, 0.3) is 0 Å². The lowest BCUT2D eigenvalue weighted by molar-refractivity contribution is -0.114. The van der Waals surface area contributed by atoms with Crippen LogP contribution in [0.5, 0.6) is 5.75 Å². The number of methoxy groups -OCH3 is 1. The van der Waals surface area contributed by atoms with Crippen molar-refractivity contribution in [3.05, 3.63) is 48.3 Å². The van der Waals surface area contributed by atoms with Gasteiger partial charge in [-0.05, 0) is 35.9 Å². The van der Waals surface area contributed by atoms with Crippen molar-refractivity contribution in [1.82, 2.24) is 9.29 Å². The molecule has 0 spiro atoms. The Morgan fingerprint density at radius 3 is 2.48 bits per heavy atom. The molecule has 0 saturated heterocycles. The van der Waals surface area contributed by atoms with Crippen LogP contribution < -0.4 is 10.1 Å². The molecule has 0 unspecified atom stereocenters. The van der Waals surface area contributed by atoms with Crippen LogP contribution in [0.3, 0.4) is 0 Å². The average Bonchev–Trinajstić information content (AvgIpc) is 2.59. The zero-order valence-electron chi connectivity index (χ0n) is 14.4. The molecule has 0 fully saturated rings. The zero-order valence-corrected chi connectivity index (χ0v) is 15.2. The van der Waals surface area contributed by atoms with E-state index in [1.165, 1.54) is 30.5 Å². The molecule has 134 valence electrons. The predicted molar refractivity (Wildman–Crippen MR) is 94.8 cm³/mol. The van der Waals surface area contributed by atoms with E-state index in [0.29, 0.717) is 5.69 Å². The molecule has 0 aliphatic carbocycles. The summed E-state index contributed by atoms with van der Waals surface area (Å²) < 4.78 is 32.8. The van der Waals surface area contributed by atoms with E-state index in [4.69, 9.17) is 4.74 Å². The van der Waals surface area contributed by atoms with Gasteiger partial charge in [-0.3, -0.25) is 9.78 Å². The summed E-state index contributed by atoms with van der Waals surface area (Å²) in [6, 6.07) is 8.06. The van der Waals surface area contributed by atoms with E-state index in [-0.39, 0.29) is 29.6 Å². The van der Waals surface area contributed by atoms with Gasteiger partial charge in [-0.15, -0.1) is 0 Å². The summed E-state index contributed by atoms with van der Waals surface area (Å²) in [5.41, 5.74) is 1.23. The minimum atomic E-state index is -3.81. The summed E-state index contributed by atoms with van der Waals surface area (Å²) in [4.78, 5) is 15.2. The molecule has 1 aromatic carbocycles. The van der Waals surface area contributed by atoms with Crippen LogP contribution in [0.2, 0.25) is 0 Å². The van der Waals surface area contributed by atoms with Gasteiger partial charge in [-0.1, -0.05) is 6.92 Å². The number of pyridine rings is 1. The SMILES string of the molecule is CCN(Cc1ccncc1)S(=O)(=O)c1cc(NC(C)=O)ccc1OC. The predicted octanol–water partition coefficient (Wildman–Crippen LogP) is 2.26. The molecular formula is C17H21N3O4S. The van der Waals surface area contributed by atoms with Crippen LogP contribution >= 0.6 is 0 Å². The molecule has 2 aromatic rings. The number of aromatic nitrogens is 1. The summed E-state index contributed by atoms with van der Waals surface area (Å²) in [6.45, 7) is 3.64. The van der Waals surface area contributed by atoms with Gasteiger partial charge in [-0.25, -0.2) is 8.42 Å². The third kappa shape index (κ3) is 4.55. The maximum atomic E-state index is 13.1. The number of anilines is 1. The molecule has 0 aliphatic heterocycles. The van der Waals surface area contributed by atoms with E-state index >= 15 is 0 Å². The van der Waals surface area contributed by atoms with Crippen molar-refractivity contribution in [3.8, 4) is 5.75 Å². The monoisotopic (exact) mass is 363 g/mol. The number of nitrogens with one attached hydrogen (secondary N) is 1. The zero-order chi connectivity index (χ0) is 18.4. The van der Waals surface area contributed by atoms with Crippen LogP contribution in [-0.2, 0) is 21.4 Å². The summed E-state index contributed by atoms with van der Waals surface area (Å²) in [7, 11) is -2.41. The van der Waals surface area contributed by atoms with Crippen molar-refractivity contribution < 1.29 is 17.9 Å². The van der Waals surface area contributed by atoms with Crippen molar-refractivity contribution >= 4 is 21.6 Å². The Labute approximate surface area is 147 Å². The normalized spacial score (nSPS) is 11.4. The largest absolute Gasteiger partial charge is 0.495 e. The fourth-order valence-electron chi connectivity index (χ4n) is 2.36. The maximum absolute atomic E-state index is 13.1. The molecule has 0 bridgehead atoms. The molecule has 7 nitrogen and oxygen atoms in total. The van der Waals surface area contributed by atoms with E-state index in [0.717, 1.165) is 5.56 Å². The highest BCUT2D eigenvalue weighted by molar-refractivity contribution is 7.89. The Kier molecular flexibility index (Phi) is 6.11. The number of carbonyl (C=O) groups is 1. The van der Waals surface area contributed by atoms with E-state index in [1.807, 2.05) is 0 Å². The quantitative estimate of drug-likeness (QED) is 0.815. The second kappa shape index (κ2) is 8.09. The van der Waals surface area contributed by atoms with Gasteiger partial charge in [0.05, 0.1) is 7.11 Å². The van der Waals surface area contributed by atoms with Crippen LogP contribution in [0, 0.1) is 0 Å². The van der Waals surface area contributed by atoms with E-state index in [1.54, 1.807) is 37.5 Å². The fraction of sp³-hybridized carbons (Fsp3) is 0.294. The minimum Gasteiger partial charge on any atom is -0.495 e. The lowest BCUT2D eigenvalue weighted by atomic mass is 10.3. The first-order chi connectivity index (χ1) is 11.9. The molecule has 2 rings (SSSR count). The number of rotatable bonds is 7. The molecule has 1 N–H and O–H groups in total. The average molecular weight is 363 g/mol. The lowest BCUT2D eigenvalue weighted by Gasteiger charge is -2.22. The Hall–Kier alpha value is -2.45. The first-order valence-corrected chi connectivity index (χ1v) is 9.17. The summed E-state index contributed by atoms with van der Waals surface area (Å²) in [6.07, 6.45) is 3.24. The number of nitrogens with zero attached hydrogens (tertiary/aromatic N) is 2. The number of amides is 1. The van der Waals surface area contributed by atoms with Gasteiger partial charge in [0.15, 0.2) is 0 Å². The Balaban J connectivity index is 2.43. The number of carbonyl (C=O) groups excluding carboxylic acids is 1. The van der Waals surface area contributed by atoms with Gasteiger partial charge in [0.2, 0.25) is 15.9 Å². The molecule has 0 atom stereocenters. The second-order valence-electron chi connectivity index (χ2n) is 5.33. The third-order valence-electron chi connectivity index (χ3n) is 3.56. The van der Waals surface area contributed by atoms with Gasteiger partial charge >= 0.3 is 0 Å². The molecule has 1 aromatic heterocycles. The van der Waals surface area contributed by atoms with Crippen molar-refractivity contribution in [2.24, 2.45) is 0 Å². The van der Waals surface area contributed by atoms with Crippen LogP contribution in [-0.4, -0.2) is 37.3 Å². The van der Waals surface area contributed by atoms with Crippen molar-refractivity contribution in [3.63, 3.8) is 0 Å². The molecule has 1 amide bonds. The van der Waals surface area contributed by atoms with Gasteiger partial charge < -0.3 is 10.1 Å². The van der Waals surface area contributed by atoms with E-state index in [2.05, 4.69) is 10.3 Å². The van der Waals surface area contributed by atoms with Crippen molar-refractivity contribution in [1.29, 1.82) is 0 Å². The van der Waals surface area contributed by atoms with Crippen LogP contribution in [0.15, 0.2) is 47.6 Å². The lowest BCUT2D eigenvalue weighted by Crippen LogP contribution is -2.30. The summed E-state index contributed by atoms with van der Waals surface area (Å²) in [5, 5.41) is 2.59. The van der Waals surface area contributed by atoms with E-state index in [9.17, 15) is 13.2 Å². The second-order valence-corrected chi connectivity index (χ2v) is 7.24. The maximum Gasteiger partial charge on any atom is 0.247 e. The Bertz CT molecular complexity index is 838. The first-order valence-electron chi connectivity index (χ1n) is 7.73. The van der Waals surface area contributed by atoms with Crippen molar-refractivity contribution in [2.45, 2.75) is 25.3 Å². The molecule has 8 heteroatoms. The molecule has 0 aliphatic rings. The molecule has 0 saturated carbocycles. The van der Waals surface area contributed by atoms with E-state index < -0.39 is 10.0 Å². The number of sulfonamides is 1. The smallest absolute Gasteiger partial charge is 0.247 e. The first kappa shape index (κ1) is 18.9. The summed E-state index contributed by atoms with van der Waals surface area (Å²) in [5.74, 6) is -0.0556. The minimum absolute atomic E-state index is 0.0113. The Morgan fingerprint density at radius 1 is 1.24 bits per heavy atom. The fourth-order valence-corrected chi connectivity index (χ4v) is 3.98. The highest BCUT2D eigenvalue weighted by Crippen LogP contribution is 2.30. The molecular weight excluding hydrogens is 342 g/mol. The number of ether oxygens (including phenoxy) is 1. The Morgan fingerprint density at radius 2 is 1.92 bits per heavy atom. The summed E-state index contributed by atoms with van der Waals surface area (Å²) >= 11 is 0. The number of hydrogen-bond donors (Lipinski definition) is 1. The standard InChI is InChI=1S/C17H21N3O4S/c1-4-20(12-14-7-9-18-10-8-14)25(22,23)17-11-15(19-13(2)21)5-6-16(17)24-3/h5-11H,4,12H2,1-3H3,(H,19,21). The van der Waals surface area contributed by atoms with Gasteiger partial charge in [0.1, 0.15) is 10.6 Å². The van der Waals surface area contributed by atoms with Crippen molar-refractivity contribution in [2.75, 3.05) is 19.0 Å². The van der Waals surface area contributed by atoms with Gasteiger partial charge in [0.25, 0.3) is 0 Å². The third-order valence-corrected chi connectivity index (χ3v) is 5.50. The number of hydrogen-bond acceptors (Lipinski definition) is 5. The van der Waals surface area contributed by atoms with Gasteiger partial charge in [-0.2, -0.15) is 4.31 Å². The van der Waals surface area contributed by atoms with Crippen LogP contribution in [0.4, 0.5) is 5.69 Å².